The largest absolute Gasteiger partial charge is 0.480 e. The number of unbranched alkanes of at least 4 members (excludes halogenated alkanes) is 3. The van der Waals surface area contributed by atoms with E-state index in [1.54, 1.807) is 0 Å². The van der Waals surface area contributed by atoms with Crippen LogP contribution >= 0.6 is 0 Å². The quantitative estimate of drug-likeness (QED) is 0.523. The van der Waals surface area contributed by atoms with Crippen molar-refractivity contribution in [1.82, 2.24) is 4.90 Å². The fourth-order valence-corrected chi connectivity index (χ4v) is 2.50. The minimum atomic E-state index is -0.643. The van der Waals surface area contributed by atoms with Crippen LogP contribution in [0.25, 0.3) is 0 Å². The molecule has 1 rings (SSSR count). The molecule has 1 saturated heterocycles. The van der Waals surface area contributed by atoms with Gasteiger partial charge in [0.25, 0.3) is 0 Å². The molecule has 0 aromatic carbocycles. The fraction of sp³-hybridized carbons (Fsp3) is 0.786. The number of carbonyl (C=O) groups is 1. The van der Waals surface area contributed by atoms with Gasteiger partial charge in [0.05, 0.1) is 0 Å². The molecule has 1 atom stereocenters. The Hall–Kier alpha value is -0.830. The van der Waals surface area contributed by atoms with Gasteiger partial charge in [0.2, 0.25) is 0 Å². The Morgan fingerprint density at radius 3 is 2.53 bits per heavy atom. The van der Waals surface area contributed by atoms with E-state index in [0.29, 0.717) is 0 Å². The minimum Gasteiger partial charge on any atom is -0.480 e. The third-order valence-electron chi connectivity index (χ3n) is 3.50. The van der Waals surface area contributed by atoms with Gasteiger partial charge in [-0.1, -0.05) is 25.3 Å². The first-order valence-corrected chi connectivity index (χ1v) is 6.83. The Labute approximate surface area is 105 Å². The fourth-order valence-electron chi connectivity index (χ4n) is 2.50. The van der Waals surface area contributed by atoms with E-state index in [0.717, 1.165) is 58.0 Å². The number of piperidine rings is 1. The van der Waals surface area contributed by atoms with E-state index < -0.39 is 5.97 Å². The van der Waals surface area contributed by atoms with Crippen molar-refractivity contribution in [3.8, 4) is 0 Å². The van der Waals surface area contributed by atoms with Crippen molar-refractivity contribution in [1.29, 1.82) is 0 Å². The molecule has 0 aromatic heterocycles. The highest BCUT2D eigenvalue weighted by Crippen LogP contribution is 2.17. The lowest BCUT2D eigenvalue weighted by Gasteiger charge is -2.32. The van der Waals surface area contributed by atoms with Crippen LogP contribution in [0.1, 0.15) is 51.4 Å². The van der Waals surface area contributed by atoms with Gasteiger partial charge in [0.15, 0.2) is 0 Å². The molecule has 1 N–H and O–H groups in total. The maximum absolute atomic E-state index is 11.3. The van der Waals surface area contributed by atoms with Gasteiger partial charge in [-0.05, 0) is 45.2 Å². The van der Waals surface area contributed by atoms with E-state index >= 15 is 0 Å². The zero-order valence-corrected chi connectivity index (χ0v) is 10.7. The van der Waals surface area contributed by atoms with Crippen molar-refractivity contribution in [2.75, 3.05) is 13.1 Å². The topological polar surface area (TPSA) is 40.5 Å². The number of likely N-dealkylation sites (tertiary alicyclic amines) is 1. The molecule has 0 unspecified atom stereocenters. The third-order valence-corrected chi connectivity index (χ3v) is 3.50. The van der Waals surface area contributed by atoms with Gasteiger partial charge < -0.3 is 5.11 Å². The summed E-state index contributed by atoms with van der Waals surface area (Å²) < 4.78 is 0. The van der Waals surface area contributed by atoms with Crippen LogP contribution in [-0.4, -0.2) is 35.1 Å². The maximum atomic E-state index is 11.3. The second-order valence-electron chi connectivity index (χ2n) is 4.88. The molecule has 0 aromatic rings. The number of nitrogens with zero attached hydrogens (tertiary/aromatic N) is 1. The molecule has 98 valence electrons. The van der Waals surface area contributed by atoms with Crippen LogP contribution < -0.4 is 0 Å². The van der Waals surface area contributed by atoms with Crippen molar-refractivity contribution in [2.24, 2.45) is 0 Å². The second kappa shape index (κ2) is 8.29. The summed E-state index contributed by atoms with van der Waals surface area (Å²) in [6, 6.07) is -0.251. The summed E-state index contributed by atoms with van der Waals surface area (Å²) in [6.45, 7) is 5.62. The number of hydrogen-bond acceptors (Lipinski definition) is 2. The Kier molecular flexibility index (Phi) is 6.94. The molecule has 0 aliphatic carbocycles. The highest BCUT2D eigenvalue weighted by atomic mass is 16.4. The zero-order valence-electron chi connectivity index (χ0n) is 10.7. The number of carboxylic acids is 1. The molecule has 0 saturated carbocycles. The predicted molar refractivity (Wildman–Crippen MR) is 70.1 cm³/mol. The standard InChI is InChI=1S/C14H25NO2/c1-2-3-4-5-7-10-13(14(16)17)15-11-8-6-9-12-15/h2,13H,1,3-12H2,(H,16,17)/t13-/m0/s1. The van der Waals surface area contributed by atoms with E-state index in [9.17, 15) is 9.90 Å². The highest BCUT2D eigenvalue weighted by Gasteiger charge is 2.25. The normalized spacial score (nSPS) is 18.8. The van der Waals surface area contributed by atoms with Crippen molar-refractivity contribution < 1.29 is 9.90 Å². The van der Waals surface area contributed by atoms with Crippen LogP contribution in [0.4, 0.5) is 0 Å². The summed E-state index contributed by atoms with van der Waals surface area (Å²) in [4.78, 5) is 13.4. The van der Waals surface area contributed by atoms with Gasteiger partial charge in [-0.2, -0.15) is 0 Å². The maximum Gasteiger partial charge on any atom is 0.320 e. The Bertz CT molecular complexity index is 234. The van der Waals surface area contributed by atoms with E-state index in [2.05, 4.69) is 11.5 Å². The molecule has 3 heteroatoms. The van der Waals surface area contributed by atoms with Crippen LogP contribution in [0.5, 0.6) is 0 Å². The smallest absolute Gasteiger partial charge is 0.320 e. The number of aliphatic carboxylic acids is 1. The van der Waals surface area contributed by atoms with E-state index in [4.69, 9.17) is 0 Å². The van der Waals surface area contributed by atoms with E-state index in [1.807, 2.05) is 6.08 Å². The van der Waals surface area contributed by atoms with Crippen molar-refractivity contribution >= 4 is 5.97 Å². The first-order valence-electron chi connectivity index (χ1n) is 6.83. The summed E-state index contributed by atoms with van der Waals surface area (Å²) >= 11 is 0. The van der Waals surface area contributed by atoms with Crippen molar-refractivity contribution in [2.45, 2.75) is 57.4 Å². The molecule has 0 bridgehead atoms. The number of allylic oxidation sites excluding steroid dienone is 1. The van der Waals surface area contributed by atoms with Crippen molar-refractivity contribution in [3.05, 3.63) is 12.7 Å². The Balaban J connectivity index is 2.27. The van der Waals surface area contributed by atoms with E-state index in [-0.39, 0.29) is 6.04 Å². The average molecular weight is 239 g/mol. The van der Waals surface area contributed by atoms with Gasteiger partial charge in [-0.3, -0.25) is 9.69 Å². The molecular weight excluding hydrogens is 214 g/mol. The minimum absolute atomic E-state index is 0.251. The number of hydrogen-bond donors (Lipinski definition) is 1. The van der Waals surface area contributed by atoms with Gasteiger partial charge in [-0.15, -0.1) is 6.58 Å². The molecule has 1 heterocycles. The molecular formula is C14H25NO2. The summed E-state index contributed by atoms with van der Waals surface area (Å²) in [5, 5.41) is 9.27. The number of rotatable bonds is 8. The first kappa shape index (κ1) is 14.2. The van der Waals surface area contributed by atoms with Crippen LogP contribution in [0.2, 0.25) is 0 Å². The van der Waals surface area contributed by atoms with Crippen LogP contribution in [0, 0.1) is 0 Å². The van der Waals surface area contributed by atoms with Gasteiger partial charge in [-0.25, -0.2) is 0 Å². The lowest BCUT2D eigenvalue weighted by molar-refractivity contribution is -0.144. The van der Waals surface area contributed by atoms with Gasteiger partial charge >= 0.3 is 5.97 Å². The SMILES string of the molecule is C=CCCCCC[C@@H](C(=O)O)N1CCCCC1. The molecule has 0 spiro atoms. The lowest BCUT2D eigenvalue weighted by Crippen LogP contribution is -2.44. The predicted octanol–water partition coefficient (Wildman–Crippen LogP) is 3.06. The molecule has 17 heavy (non-hydrogen) atoms. The molecule has 3 nitrogen and oxygen atoms in total. The van der Waals surface area contributed by atoms with Gasteiger partial charge in [0, 0.05) is 0 Å². The third kappa shape index (κ3) is 5.35. The lowest BCUT2D eigenvalue weighted by atomic mass is 10.0. The molecule has 1 aliphatic rings. The Morgan fingerprint density at radius 2 is 1.94 bits per heavy atom. The first-order chi connectivity index (χ1) is 8.25. The van der Waals surface area contributed by atoms with Crippen LogP contribution in [-0.2, 0) is 4.79 Å². The zero-order chi connectivity index (χ0) is 12.5. The van der Waals surface area contributed by atoms with Crippen molar-refractivity contribution in [3.63, 3.8) is 0 Å². The summed E-state index contributed by atoms with van der Waals surface area (Å²) in [5.74, 6) is -0.643. The second-order valence-corrected chi connectivity index (χ2v) is 4.88. The Morgan fingerprint density at radius 1 is 1.24 bits per heavy atom. The summed E-state index contributed by atoms with van der Waals surface area (Å²) in [5.41, 5.74) is 0. The van der Waals surface area contributed by atoms with E-state index in [1.165, 1.54) is 6.42 Å². The highest BCUT2D eigenvalue weighted by molar-refractivity contribution is 5.73. The van der Waals surface area contributed by atoms with Crippen LogP contribution in [0.3, 0.4) is 0 Å². The molecule has 1 fully saturated rings. The molecule has 1 aliphatic heterocycles. The van der Waals surface area contributed by atoms with Gasteiger partial charge in [0.1, 0.15) is 6.04 Å². The van der Waals surface area contributed by atoms with Crippen LogP contribution in [0.15, 0.2) is 12.7 Å². The average Bonchev–Trinajstić information content (AvgIpc) is 2.34. The summed E-state index contributed by atoms with van der Waals surface area (Å²) in [7, 11) is 0. The number of carboxylic acid groups (broad SMARTS) is 1. The molecule has 0 amide bonds. The molecule has 0 radical (unpaired) electrons. The summed E-state index contributed by atoms with van der Waals surface area (Å²) in [6.07, 6.45) is 10.6. The monoisotopic (exact) mass is 239 g/mol.